The van der Waals surface area contributed by atoms with Gasteiger partial charge in [-0.05, 0) is 37.8 Å². The Bertz CT molecular complexity index is 446. The molecule has 1 saturated carbocycles. The summed E-state index contributed by atoms with van der Waals surface area (Å²) in [6.07, 6.45) is 3.69. The van der Waals surface area contributed by atoms with Gasteiger partial charge in [-0.25, -0.2) is 4.79 Å². The second kappa shape index (κ2) is 5.53. The molecule has 0 spiro atoms. The largest absolute Gasteiger partial charge is 0.324 e. The molecule has 1 fully saturated rings. The molecule has 0 heterocycles. The van der Waals surface area contributed by atoms with Crippen LogP contribution in [0.25, 0.3) is 0 Å². The van der Waals surface area contributed by atoms with Crippen molar-refractivity contribution in [2.45, 2.75) is 32.7 Å². The van der Waals surface area contributed by atoms with Gasteiger partial charge in [0.1, 0.15) is 6.34 Å². The van der Waals surface area contributed by atoms with Gasteiger partial charge in [-0.3, -0.25) is 5.32 Å². The van der Waals surface area contributed by atoms with Crippen LogP contribution in [0.15, 0.2) is 23.3 Å². The summed E-state index contributed by atoms with van der Waals surface area (Å²) >= 11 is 0. The van der Waals surface area contributed by atoms with E-state index < -0.39 is 0 Å². The first kappa shape index (κ1) is 12.4. The molecule has 2 amide bonds. The van der Waals surface area contributed by atoms with Crippen LogP contribution in [0, 0.1) is 13.8 Å². The highest BCUT2D eigenvalue weighted by molar-refractivity contribution is 5.97. The molecule has 18 heavy (non-hydrogen) atoms. The minimum Gasteiger partial charge on any atom is -0.307 e. The number of anilines is 1. The lowest BCUT2D eigenvalue weighted by Gasteiger charge is -2.10. The Morgan fingerprint density at radius 3 is 2.61 bits per heavy atom. The Morgan fingerprint density at radius 2 is 2.00 bits per heavy atom. The fourth-order valence-electron chi connectivity index (χ4n) is 1.61. The Labute approximate surface area is 107 Å². The van der Waals surface area contributed by atoms with Crippen LogP contribution in [0.3, 0.4) is 0 Å². The van der Waals surface area contributed by atoms with E-state index in [4.69, 9.17) is 0 Å². The molecule has 1 aliphatic carbocycles. The van der Waals surface area contributed by atoms with Gasteiger partial charge >= 0.3 is 6.03 Å². The van der Waals surface area contributed by atoms with Crippen LogP contribution in [0.2, 0.25) is 0 Å². The van der Waals surface area contributed by atoms with Crippen molar-refractivity contribution in [1.82, 2.24) is 10.7 Å². The molecule has 0 radical (unpaired) electrons. The smallest absolute Gasteiger partial charge is 0.307 e. The topological polar surface area (TPSA) is 65.5 Å². The average molecular weight is 246 g/mol. The number of hydrogen-bond acceptors (Lipinski definition) is 3. The summed E-state index contributed by atoms with van der Waals surface area (Å²) in [5, 5.41) is 9.29. The third-order valence-electron chi connectivity index (χ3n) is 2.81. The minimum atomic E-state index is -0.284. The van der Waals surface area contributed by atoms with E-state index in [-0.39, 0.29) is 6.03 Å². The highest BCUT2D eigenvalue weighted by Crippen LogP contribution is 2.19. The molecular formula is C13H18N4O. The molecule has 0 saturated heterocycles. The molecule has 0 bridgehead atoms. The fourth-order valence-corrected chi connectivity index (χ4v) is 1.61. The second-order valence-corrected chi connectivity index (χ2v) is 4.53. The number of hydrazone groups is 1. The predicted octanol–water partition coefficient (Wildman–Crippen LogP) is 2.12. The minimum absolute atomic E-state index is 0.284. The monoisotopic (exact) mass is 246 g/mol. The highest BCUT2D eigenvalue weighted by Gasteiger charge is 2.19. The number of aryl methyl sites for hydroxylation is 2. The molecule has 5 heteroatoms. The summed E-state index contributed by atoms with van der Waals surface area (Å²) in [7, 11) is 0. The summed E-state index contributed by atoms with van der Waals surface area (Å²) in [6, 6.07) is 6.10. The lowest BCUT2D eigenvalue weighted by atomic mass is 10.1. The van der Waals surface area contributed by atoms with Gasteiger partial charge in [0.15, 0.2) is 0 Å². The van der Waals surface area contributed by atoms with Crippen LogP contribution in [-0.4, -0.2) is 18.4 Å². The van der Waals surface area contributed by atoms with Gasteiger partial charge in [-0.15, -0.1) is 0 Å². The van der Waals surface area contributed by atoms with Crippen LogP contribution in [0.1, 0.15) is 24.0 Å². The summed E-state index contributed by atoms with van der Waals surface area (Å²) < 4.78 is 0. The zero-order valence-electron chi connectivity index (χ0n) is 10.7. The normalized spacial score (nSPS) is 14.6. The van der Waals surface area contributed by atoms with Crippen molar-refractivity contribution in [3.63, 3.8) is 0 Å². The van der Waals surface area contributed by atoms with Gasteiger partial charge in [-0.1, -0.05) is 18.2 Å². The molecule has 1 aliphatic rings. The molecule has 1 aromatic rings. The number of benzene rings is 1. The van der Waals surface area contributed by atoms with Crippen molar-refractivity contribution in [2.24, 2.45) is 5.10 Å². The van der Waals surface area contributed by atoms with Gasteiger partial charge in [0.25, 0.3) is 0 Å². The molecule has 0 aromatic heterocycles. The molecule has 2 rings (SSSR count). The van der Waals surface area contributed by atoms with Crippen molar-refractivity contribution in [3.8, 4) is 0 Å². The van der Waals surface area contributed by atoms with E-state index in [2.05, 4.69) is 21.2 Å². The van der Waals surface area contributed by atoms with E-state index in [1.807, 2.05) is 32.0 Å². The summed E-state index contributed by atoms with van der Waals surface area (Å²) in [4.78, 5) is 11.6. The van der Waals surface area contributed by atoms with E-state index >= 15 is 0 Å². The maximum Gasteiger partial charge on any atom is 0.324 e. The molecule has 3 N–H and O–H groups in total. The third-order valence-corrected chi connectivity index (χ3v) is 2.81. The first-order valence-corrected chi connectivity index (χ1v) is 6.07. The average Bonchev–Trinajstić information content (AvgIpc) is 3.14. The van der Waals surface area contributed by atoms with Crippen LogP contribution >= 0.6 is 0 Å². The molecule has 0 aliphatic heterocycles. The molecule has 5 nitrogen and oxygen atoms in total. The van der Waals surface area contributed by atoms with Crippen molar-refractivity contribution < 1.29 is 4.79 Å². The number of hydrogen-bond donors (Lipinski definition) is 3. The summed E-state index contributed by atoms with van der Waals surface area (Å²) in [5.74, 6) is 0. The SMILES string of the molecule is Cc1cccc(C)c1NC(=O)NC=NNC1CC1. The molecule has 96 valence electrons. The Kier molecular flexibility index (Phi) is 3.82. The molecule has 0 unspecified atom stereocenters. The van der Waals surface area contributed by atoms with Gasteiger partial charge in [-0.2, -0.15) is 5.10 Å². The lowest BCUT2D eigenvalue weighted by molar-refractivity contribution is 0.256. The van der Waals surface area contributed by atoms with E-state index in [1.54, 1.807) is 0 Å². The van der Waals surface area contributed by atoms with Crippen molar-refractivity contribution in [1.29, 1.82) is 0 Å². The number of amides is 2. The number of carbonyl (C=O) groups is 1. The molecule has 0 atom stereocenters. The van der Waals surface area contributed by atoms with Crippen LogP contribution in [-0.2, 0) is 0 Å². The van der Waals surface area contributed by atoms with Crippen LogP contribution < -0.4 is 16.1 Å². The zero-order chi connectivity index (χ0) is 13.0. The quantitative estimate of drug-likeness (QED) is 0.433. The summed E-state index contributed by atoms with van der Waals surface area (Å²) in [5.41, 5.74) is 5.85. The summed E-state index contributed by atoms with van der Waals surface area (Å²) in [6.45, 7) is 3.93. The Morgan fingerprint density at radius 1 is 1.33 bits per heavy atom. The number of carbonyl (C=O) groups excluding carboxylic acids is 1. The molecular weight excluding hydrogens is 228 g/mol. The van der Waals surface area contributed by atoms with E-state index in [1.165, 1.54) is 6.34 Å². The van der Waals surface area contributed by atoms with Crippen LogP contribution in [0.4, 0.5) is 10.5 Å². The predicted molar refractivity (Wildman–Crippen MR) is 72.7 cm³/mol. The first-order valence-electron chi connectivity index (χ1n) is 6.07. The standard InChI is InChI=1S/C13H18N4O/c1-9-4-3-5-10(2)12(9)16-13(18)14-8-15-17-11-6-7-11/h3-5,8,11,17H,6-7H2,1-2H3,(H2,14,15,16,18). The van der Waals surface area contributed by atoms with Crippen LogP contribution in [0.5, 0.6) is 0 Å². The van der Waals surface area contributed by atoms with E-state index in [9.17, 15) is 4.79 Å². The number of urea groups is 1. The maximum absolute atomic E-state index is 11.6. The number of para-hydroxylation sites is 1. The first-order chi connectivity index (χ1) is 8.66. The van der Waals surface area contributed by atoms with Crippen molar-refractivity contribution >= 4 is 18.1 Å². The number of nitrogens with zero attached hydrogens (tertiary/aromatic N) is 1. The Hall–Kier alpha value is -2.04. The van der Waals surface area contributed by atoms with Gasteiger partial charge in [0, 0.05) is 11.7 Å². The van der Waals surface area contributed by atoms with Crippen molar-refractivity contribution in [2.75, 3.05) is 5.32 Å². The van der Waals surface area contributed by atoms with E-state index in [0.717, 1.165) is 29.7 Å². The van der Waals surface area contributed by atoms with E-state index in [0.29, 0.717) is 6.04 Å². The third kappa shape index (κ3) is 3.48. The van der Waals surface area contributed by atoms with Gasteiger partial charge in [0.2, 0.25) is 0 Å². The van der Waals surface area contributed by atoms with Crippen molar-refractivity contribution in [3.05, 3.63) is 29.3 Å². The Balaban J connectivity index is 1.84. The molecule has 1 aromatic carbocycles. The number of rotatable bonds is 4. The number of nitrogens with one attached hydrogen (secondary N) is 3. The van der Waals surface area contributed by atoms with Gasteiger partial charge < -0.3 is 10.7 Å². The fraction of sp³-hybridized carbons (Fsp3) is 0.385. The highest BCUT2D eigenvalue weighted by atomic mass is 16.2. The maximum atomic E-state index is 11.6. The second-order valence-electron chi connectivity index (χ2n) is 4.53. The lowest BCUT2D eigenvalue weighted by Crippen LogP contribution is -2.29. The van der Waals surface area contributed by atoms with Gasteiger partial charge in [0.05, 0.1) is 0 Å². The zero-order valence-corrected chi connectivity index (χ0v) is 10.7.